The number of hydrogen-bond donors (Lipinski definition) is 1. The summed E-state index contributed by atoms with van der Waals surface area (Å²) in [6, 6.07) is 19.6. The van der Waals surface area contributed by atoms with Crippen molar-refractivity contribution in [1.82, 2.24) is 19.5 Å². The van der Waals surface area contributed by atoms with Crippen molar-refractivity contribution < 1.29 is 8.95 Å². The molecule has 38 heavy (non-hydrogen) atoms. The number of hydrogen-bond acceptors (Lipinski definition) is 5. The van der Waals surface area contributed by atoms with Gasteiger partial charge in [0.2, 0.25) is 0 Å². The zero-order chi connectivity index (χ0) is 26.1. The van der Waals surface area contributed by atoms with E-state index in [2.05, 4.69) is 28.0 Å². The van der Waals surface area contributed by atoms with Gasteiger partial charge in [0.05, 0.1) is 20.8 Å². The van der Waals surface area contributed by atoms with Crippen LogP contribution in [0.5, 0.6) is 5.75 Å². The molecule has 0 amide bonds. The fourth-order valence-corrected chi connectivity index (χ4v) is 6.09. The Bertz CT molecular complexity index is 1700. The van der Waals surface area contributed by atoms with Gasteiger partial charge >= 0.3 is 0 Å². The van der Waals surface area contributed by atoms with Crippen LogP contribution >= 0.6 is 0 Å². The van der Waals surface area contributed by atoms with E-state index in [9.17, 15) is 4.21 Å². The van der Waals surface area contributed by atoms with Crippen LogP contribution in [0.2, 0.25) is 0 Å². The first-order valence-electron chi connectivity index (χ1n) is 12.9. The number of fused-ring (bicyclic) bond motifs is 2. The molecule has 8 heteroatoms. The minimum atomic E-state index is -2.86. The summed E-state index contributed by atoms with van der Waals surface area (Å²) < 4.78 is 20.3. The molecule has 194 valence electrons. The summed E-state index contributed by atoms with van der Waals surface area (Å²) in [6.45, 7) is 4.04. The van der Waals surface area contributed by atoms with Crippen molar-refractivity contribution in [2.75, 3.05) is 26.2 Å². The summed E-state index contributed by atoms with van der Waals surface area (Å²) in [4.78, 5) is 7.79. The predicted molar refractivity (Wildman–Crippen MR) is 155 cm³/mol. The Kier molecular flexibility index (Phi) is 6.61. The number of aromatic nitrogens is 3. The second-order valence-corrected chi connectivity index (χ2v) is 11.7. The van der Waals surface area contributed by atoms with Gasteiger partial charge in [-0.05, 0) is 71.9 Å². The highest BCUT2D eigenvalue weighted by Crippen LogP contribution is 2.34. The Morgan fingerprint density at radius 3 is 2.42 bits per heavy atom. The maximum Gasteiger partial charge on any atom is 0.162 e. The molecule has 6 rings (SSSR count). The van der Waals surface area contributed by atoms with Gasteiger partial charge in [0.15, 0.2) is 5.65 Å². The number of benzene rings is 3. The molecule has 2 N–H and O–H groups in total. The molecule has 0 aliphatic carbocycles. The first-order chi connectivity index (χ1) is 18.5. The molecule has 3 heterocycles. The molecule has 5 aromatic rings. The summed E-state index contributed by atoms with van der Waals surface area (Å²) in [6.07, 6.45) is 9.60. The number of likely N-dealkylation sites (tertiary alicyclic amines) is 1. The molecule has 1 saturated heterocycles. The van der Waals surface area contributed by atoms with E-state index < -0.39 is 9.71 Å². The van der Waals surface area contributed by atoms with Crippen LogP contribution in [0.1, 0.15) is 19.3 Å². The van der Waals surface area contributed by atoms with Crippen molar-refractivity contribution in [2.45, 2.75) is 24.2 Å². The maximum atomic E-state index is 12.6. The van der Waals surface area contributed by atoms with Gasteiger partial charge in [-0.1, -0.05) is 48.9 Å². The Morgan fingerprint density at radius 1 is 0.895 bits per heavy atom. The third kappa shape index (κ3) is 4.90. The SMILES string of the molecule is C=S(N)(=O)c1ccc(-c2cnn3cc(-c4ccc(OCCN5CCCCC5)cc4)cnc23)c2ccccc12. The molecular formula is C30H31N5O2S. The quantitative estimate of drug-likeness (QED) is 0.301. The minimum Gasteiger partial charge on any atom is -0.492 e. The van der Waals surface area contributed by atoms with Crippen molar-refractivity contribution >= 4 is 32.0 Å². The van der Waals surface area contributed by atoms with Gasteiger partial charge < -0.3 is 4.74 Å². The van der Waals surface area contributed by atoms with Crippen molar-refractivity contribution in [1.29, 1.82) is 0 Å². The Hall–Kier alpha value is -3.72. The molecule has 1 aliphatic rings. The lowest BCUT2D eigenvalue weighted by Gasteiger charge is -2.26. The van der Waals surface area contributed by atoms with E-state index in [1.165, 1.54) is 32.4 Å². The Morgan fingerprint density at radius 2 is 1.66 bits per heavy atom. The van der Waals surface area contributed by atoms with Gasteiger partial charge in [0.1, 0.15) is 12.4 Å². The highest BCUT2D eigenvalue weighted by Gasteiger charge is 2.16. The molecule has 1 aliphatic heterocycles. The van der Waals surface area contributed by atoms with Crippen molar-refractivity contribution in [3.05, 3.63) is 79.3 Å². The molecule has 1 fully saturated rings. The zero-order valence-corrected chi connectivity index (χ0v) is 22.1. The number of ether oxygens (including phenoxy) is 1. The summed E-state index contributed by atoms with van der Waals surface area (Å²) in [5, 5.41) is 12.2. The number of rotatable bonds is 7. The summed E-state index contributed by atoms with van der Waals surface area (Å²) >= 11 is 0. The summed E-state index contributed by atoms with van der Waals surface area (Å²) in [7, 11) is -2.86. The molecule has 3 aromatic carbocycles. The van der Waals surface area contributed by atoms with E-state index in [-0.39, 0.29) is 0 Å². The third-order valence-corrected chi connectivity index (χ3v) is 8.32. The molecule has 7 nitrogen and oxygen atoms in total. The molecule has 1 atom stereocenters. The molecule has 1 unspecified atom stereocenters. The van der Waals surface area contributed by atoms with E-state index in [0.29, 0.717) is 11.5 Å². The van der Waals surface area contributed by atoms with E-state index >= 15 is 0 Å². The maximum absolute atomic E-state index is 12.6. The van der Waals surface area contributed by atoms with Gasteiger partial charge in [0, 0.05) is 30.1 Å². The topological polar surface area (TPSA) is 85.8 Å². The average Bonchev–Trinajstić information content (AvgIpc) is 3.36. The molecule has 0 saturated carbocycles. The van der Waals surface area contributed by atoms with Crippen LogP contribution in [0.4, 0.5) is 0 Å². The third-order valence-electron chi connectivity index (χ3n) is 7.22. The highest BCUT2D eigenvalue weighted by molar-refractivity contribution is 7.98. The number of nitrogens with two attached hydrogens (primary N) is 1. The lowest BCUT2D eigenvalue weighted by Crippen LogP contribution is -2.33. The van der Waals surface area contributed by atoms with E-state index in [4.69, 9.17) is 14.9 Å². The van der Waals surface area contributed by atoms with Crippen LogP contribution in [-0.4, -0.2) is 55.8 Å². The Labute approximate surface area is 223 Å². The fraction of sp³-hybridized carbons (Fsp3) is 0.233. The molecule has 0 spiro atoms. The number of nitrogens with zero attached hydrogens (tertiary/aromatic N) is 4. The average molecular weight is 526 g/mol. The highest BCUT2D eigenvalue weighted by atomic mass is 32.2. The molecule has 0 radical (unpaired) electrons. The lowest BCUT2D eigenvalue weighted by atomic mass is 10.00. The van der Waals surface area contributed by atoms with E-state index in [1.54, 1.807) is 10.6 Å². The van der Waals surface area contributed by atoms with Gasteiger partial charge in [0.25, 0.3) is 0 Å². The van der Waals surface area contributed by atoms with Crippen molar-refractivity contribution in [3.8, 4) is 28.0 Å². The van der Waals surface area contributed by atoms with Crippen LogP contribution in [0.25, 0.3) is 38.7 Å². The number of piperidine rings is 1. The van der Waals surface area contributed by atoms with Gasteiger partial charge in [-0.2, -0.15) is 5.10 Å². The second kappa shape index (κ2) is 10.2. The predicted octanol–water partition coefficient (Wildman–Crippen LogP) is 5.03. The second-order valence-electron chi connectivity index (χ2n) is 9.83. The summed E-state index contributed by atoms with van der Waals surface area (Å²) in [5.74, 6) is 4.55. The van der Waals surface area contributed by atoms with E-state index in [0.717, 1.165) is 51.0 Å². The van der Waals surface area contributed by atoms with Crippen LogP contribution in [0.3, 0.4) is 0 Å². The van der Waals surface area contributed by atoms with Crippen LogP contribution < -0.4 is 9.88 Å². The summed E-state index contributed by atoms with van der Waals surface area (Å²) in [5.41, 5.74) is 4.60. The van der Waals surface area contributed by atoms with E-state index in [1.807, 2.05) is 61.1 Å². The van der Waals surface area contributed by atoms with Crippen molar-refractivity contribution in [2.24, 2.45) is 5.14 Å². The lowest BCUT2D eigenvalue weighted by molar-refractivity contribution is 0.183. The van der Waals surface area contributed by atoms with Crippen molar-refractivity contribution in [3.63, 3.8) is 0 Å². The first-order valence-corrected chi connectivity index (χ1v) is 14.7. The van der Waals surface area contributed by atoms with Crippen LogP contribution in [0.15, 0.2) is 84.1 Å². The zero-order valence-electron chi connectivity index (χ0n) is 21.3. The minimum absolute atomic E-state index is 0.544. The van der Waals surface area contributed by atoms with Gasteiger partial charge in [-0.25, -0.2) is 13.7 Å². The van der Waals surface area contributed by atoms with Gasteiger partial charge in [-0.3, -0.25) is 10.0 Å². The molecular weight excluding hydrogens is 494 g/mol. The van der Waals surface area contributed by atoms with Crippen LogP contribution in [-0.2, 0) is 9.71 Å². The monoisotopic (exact) mass is 525 g/mol. The smallest absolute Gasteiger partial charge is 0.162 e. The first kappa shape index (κ1) is 24.6. The fourth-order valence-electron chi connectivity index (χ4n) is 5.24. The van der Waals surface area contributed by atoms with Crippen LogP contribution in [0, 0.1) is 0 Å². The standard InChI is InChI=1S/C30H31N5O2S/c1-38(31,36)29-14-13-26(25-7-3-4-8-27(25)29)28-20-33-35-21-23(19-32-30(28)35)22-9-11-24(12-10-22)37-18-17-34-15-5-2-6-16-34/h3-4,7-14,19-21H,1-2,5-6,15-18H2,(H2,31,36). The normalized spacial score (nSPS) is 16.0. The molecule has 2 aromatic heterocycles. The Balaban J connectivity index is 1.24. The largest absolute Gasteiger partial charge is 0.492 e. The molecule has 0 bridgehead atoms. The van der Waals surface area contributed by atoms with Gasteiger partial charge in [-0.15, -0.1) is 0 Å².